The third-order valence-corrected chi connectivity index (χ3v) is 2.44. The summed E-state index contributed by atoms with van der Waals surface area (Å²) in [6.45, 7) is 9.53. The Bertz CT molecular complexity index is 346. The third-order valence-electron chi connectivity index (χ3n) is 2.44. The summed E-state index contributed by atoms with van der Waals surface area (Å²) in [5, 5.41) is 3.31. The largest absolute Gasteiger partial charge is 0.375 e. The molecule has 0 radical (unpaired) electrons. The van der Waals surface area contributed by atoms with Gasteiger partial charge in [-0.1, -0.05) is 12.1 Å². The molecule has 1 aromatic carbocycles. The Morgan fingerprint density at radius 2 is 2.06 bits per heavy atom. The minimum Gasteiger partial charge on any atom is -0.375 e. The molecule has 0 unspecified atom stereocenters. The monoisotopic (exact) mass is 239 g/mol. The predicted molar refractivity (Wildman–Crippen MR) is 68.5 cm³/mol. The first-order valence-electron chi connectivity index (χ1n) is 6.01. The summed E-state index contributed by atoms with van der Waals surface area (Å²) < 4.78 is 18.6. The lowest BCUT2D eigenvalue weighted by atomic mass is 10.1. The standard InChI is InChI=1S/C14H22FNO/c1-11(12-6-5-7-13(15)10-12)16-8-9-17-14(2,3)4/h5-7,10-11,16H,8-9H2,1-4H3/t11-/m0/s1. The van der Waals surface area contributed by atoms with E-state index in [0.29, 0.717) is 6.61 Å². The van der Waals surface area contributed by atoms with E-state index in [-0.39, 0.29) is 17.5 Å². The highest BCUT2D eigenvalue weighted by Crippen LogP contribution is 2.13. The smallest absolute Gasteiger partial charge is 0.123 e. The molecule has 0 aliphatic rings. The van der Waals surface area contributed by atoms with Crippen molar-refractivity contribution in [2.75, 3.05) is 13.2 Å². The van der Waals surface area contributed by atoms with E-state index in [2.05, 4.69) is 5.32 Å². The molecule has 1 atom stereocenters. The van der Waals surface area contributed by atoms with Crippen LogP contribution >= 0.6 is 0 Å². The van der Waals surface area contributed by atoms with Crippen LogP contribution in [0, 0.1) is 5.82 Å². The fourth-order valence-electron chi connectivity index (χ4n) is 1.53. The van der Waals surface area contributed by atoms with Crippen molar-refractivity contribution in [2.45, 2.75) is 39.3 Å². The van der Waals surface area contributed by atoms with Gasteiger partial charge in [0, 0.05) is 12.6 Å². The quantitative estimate of drug-likeness (QED) is 0.796. The second-order valence-electron chi connectivity index (χ2n) is 5.19. The molecule has 1 N–H and O–H groups in total. The van der Waals surface area contributed by atoms with E-state index >= 15 is 0 Å². The molecule has 2 nitrogen and oxygen atoms in total. The maximum atomic E-state index is 13.0. The second kappa shape index (κ2) is 6.12. The van der Waals surface area contributed by atoms with Crippen LogP contribution in [0.3, 0.4) is 0 Å². The molecule has 0 aliphatic heterocycles. The van der Waals surface area contributed by atoms with Gasteiger partial charge in [0.15, 0.2) is 0 Å². The Morgan fingerprint density at radius 3 is 2.65 bits per heavy atom. The number of ether oxygens (including phenoxy) is 1. The van der Waals surface area contributed by atoms with Gasteiger partial charge in [-0.3, -0.25) is 0 Å². The molecular weight excluding hydrogens is 217 g/mol. The van der Waals surface area contributed by atoms with Crippen LogP contribution < -0.4 is 5.32 Å². The van der Waals surface area contributed by atoms with Gasteiger partial charge >= 0.3 is 0 Å². The van der Waals surface area contributed by atoms with Gasteiger partial charge in [-0.05, 0) is 45.4 Å². The number of benzene rings is 1. The summed E-state index contributed by atoms with van der Waals surface area (Å²) in [5.41, 5.74) is 0.852. The van der Waals surface area contributed by atoms with Crippen LogP contribution in [0.2, 0.25) is 0 Å². The van der Waals surface area contributed by atoms with Gasteiger partial charge in [0.1, 0.15) is 5.82 Å². The number of nitrogens with one attached hydrogen (secondary N) is 1. The predicted octanol–water partition coefficient (Wildman–Crippen LogP) is 3.29. The highest BCUT2D eigenvalue weighted by atomic mass is 19.1. The van der Waals surface area contributed by atoms with E-state index in [0.717, 1.165) is 12.1 Å². The fraction of sp³-hybridized carbons (Fsp3) is 0.571. The van der Waals surface area contributed by atoms with Gasteiger partial charge < -0.3 is 10.1 Å². The van der Waals surface area contributed by atoms with E-state index in [1.165, 1.54) is 6.07 Å². The summed E-state index contributed by atoms with van der Waals surface area (Å²) in [7, 11) is 0. The van der Waals surface area contributed by atoms with Crippen LogP contribution in [0.4, 0.5) is 4.39 Å². The molecule has 0 spiro atoms. The van der Waals surface area contributed by atoms with Crippen molar-refractivity contribution in [1.82, 2.24) is 5.32 Å². The molecule has 0 saturated heterocycles. The Morgan fingerprint density at radius 1 is 1.35 bits per heavy atom. The molecule has 1 aromatic rings. The van der Waals surface area contributed by atoms with Gasteiger partial charge in [-0.25, -0.2) is 4.39 Å². The Labute approximate surface area is 103 Å². The summed E-state index contributed by atoms with van der Waals surface area (Å²) in [6.07, 6.45) is 0. The first-order chi connectivity index (χ1) is 7.88. The van der Waals surface area contributed by atoms with Crippen molar-refractivity contribution >= 4 is 0 Å². The summed E-state index contributed by atoms with van der Waals surface area (Å²) >= 11 is 0. The van der Waals surface area contributed by atoms with Crippen molar-refractivity contribution in [1.29, 1.82) is 0 Å². The number of hydrogen-bond donors (Lipinski definition) is 1. The first-order valence-corrected chi connectivity index (χ1v) is 6.01. The zero-order valence-corrected chi connectivity index (χ0v) is 11.1. The molecule has 0 bridgehead atoms. The van der Waals surface area contributed by atoms with Crippen molar-refractivity contribution in [3.05, 3.63) is 35.6 Å². The number of halogens is 1. The molecule has 0 aromatic heterocycles. The maximum Gasteiger partial charge on any atom is 0.123 e. The van der Waals surface area contributed by atoms with Gasteiger partial charge in [-0.2, -0.15) is 0 Å². The third kappa shape index (κ3) is 5.80. The maximum absolute atomic E-state index is 13.0. The number of hydrogen-bond acceptors (Lipinski definition) is 2. The lowest BCUT2D eigenvalue weighted by Crippen LogP contribution is -2.28. The molecule has 0 fully saturated rings. The highest BCUT2D eigenvalue weighted by Gasteiger charge is 2.10. The summed E-state index contributed by atoms with van der Waals surface area (Å²) in [6, 6.07) is 6.80. The summed E-state index contributed by atoms with van der Waals surface area (Å²) in [5.74, 6) is -0.193. The normalized spacial score (nSPS) is 13.7. The average molecular weight is 239 g/mol. The van der Waals surface area contributed by atoms with E-state index in [1.54, 1.807) is 12.1 Å². The van der Waals surface area contributed by atoms with Crippen LogP contribution in [0.15, 0.2) is 24.3 Å². The minimum absolute atomic E-state index is 0.107. The van der Waals surface area contributed by atoms with Crippen molar-refractivity contribution in [3.63, 3.8) is 0 Å². The van der Waals surface area contributed by atoms with E-state index < -0.39 is 0 Å². The highest BCUT2D eigenvalue weighted by molar-refractivity contribution is 5.19. The Hall–Kier alpha value is -0.930. The Kier molecular flexibility index (Phi) is 5.09. The number of rotatable bonds is 5. The van der Waals surface area contributed by atoms with E-state index in [9.17, 15) is 4.39 Å². The molecular formula is C14H22FNO. The average Bonchev–Trinajstić information content (AvgIpc) is 2.23. The van der Waals surface area contributed by atoms with Crippen LogP contribution in [-0.4, -0.2) is 18.8 Å². The molecule has 0 heterocycles. The lowest BCUT2D eigenvalue weighted by molar-refractivity contribution is -0.00149. The van der Waals surface area contributed by atoms with Crippen molar-refractivity contribution < 1.29 is 9.13 Å². The molecule has 0 saturated carbocycles. The second-order valence-corrected chi connectivity index (χ2v) is 5.19. The van der Waals surface area contributed by atoms with Gasteiger partial charge in [0.25, 0.3) is 0 Å². The van der Waals surface area contributed by atoms with E-state index in [4.69, 9.17) is 4.74 Å². The molecule has 0 amide bonds. The topological polar surface area (TPSA) is 21.3 Å². The molecule has 17 heavy (non-hydrogen) atoms. The first kappa shape index (κ1) is 14.1. The van der Waals surface area contributed by atoms with Gasteiger partial charge in [-0.15, -0.1) is 0 Å². The molecule has 0 aliphatic carbocycles. The molecule has 1 rings (SSSR count). The van der Waals surface area contributed by atoms with Crippen LogP contribution in [0.5, 0.6) is 0 Å². The summed E-state index contributed by atoms with van der Waals surface area (Å²) in [4.78, 5) is 0. The molecule has 3 heteroatoms. The zero-order valence-electron chi connectivity index (χ0n) is 11.1. The SMILES string of the molecule is C[C@H](NCCOC(C)(C)C)c1cccc(F)c1. The van der Waals surface area contributed by atoms with E-state index in [1.807, 2.05) is 33.8 Å². The van der Waals surface area contributed by atoms with Crippen molar-refractivity contribution in [2.24, 2.45) is 0 Å². The fourth-order valence-corrected chi connectivity index (χ4v) is 1.53. The van der Waals surface area contributed by atoms with Crippen LogP contribution in [-0.2, 0) is 4.74 Å². The van der Waals surface area contributed by atoms with Gasteiger partial charge in [0.2, 0.25) is 0 Å². The zero-order chi connectivity index (χ0) is 12.9. The van der Waals surface area contributed by atoms with Gasteiger partial charge in [0.05, 0.1) is 12.2 Å². The minimum atomic E-state index is -0.193. The molecule has 96 valence electrons. The Balaban J connectivity index is 2.33. The van der Waals surface area contributed by atoms with Crippen LogP contribution in [0.25, 0.3) is 0 Å². The van der Waals surface area contributed by atoms with Crippen LogP contribution in [0.1, 0.15) is 39.3 Å². The van der Waals surface area contributed by atoms with Crippen molar-refractivity contribution in [3.8, 4) is 0 Å². The lowest BCUT2D eigenvalue weighted by Gasteiger charge is -2.21.